The highest BCUT2D eigenvalue weighted by atomic mass is 32.1. The van der Waals surface area contributed by atoms with Gasteiger partial charge in [-0.1, -0.05) is 53.8 Å². The molecule has 3 aromatic carbocycles. The summed E-state index contributed by atoms with van der Waals surface area (Å²) in [7, 11) is 3.54. The van der Waals surface area contributed by atoms with E-state index in [4.69, 9.17) is 9.84 Å². The molecule has 0 unspecified atom stereocenters. The first-order valence-corrected chi connectivity index (χ1v) is 10.9. The Morgan fingerprint density at radius 3 is 2.41 bits per heavy atom. The van der Waals surface area contributed by atoms with Gasteiger partial charge in [-0.3, -0.25) is 4.79 Å². The summed E-state index contributed by atoms with van der Waals surface area (Å²) in [6, 6.07) is 25.2. The average molecular weight is 441 g/mol. The lowest BCUT2D eigenvalue weighted by atomic mass is 10.0. The van der Waals surface area contributed by atoms with Gasteiger partial charge in [-0.2, -0.15) is 10.1 Å². The molecule has 0 aliphatic carbocycles. The number of nitrogens with zero attached hydrogens (tertiary/aromatic N) is 4. The number of fused-ring (bicyclic) bond motifs is 1. The van der Waals surface area contributed by atoms with Gasteiger partial charge in [0.1, 0.15) is 11.5 Å². The summed E-state index contributed by atoms with van der Waals surface area (Å²) in [4.78, 5) is 20.0. The van der Waals surface area contributed by atoms with Crippen LogP contribution in [0.5, 0.6) is 5.75 Å². The predicted octanol–water partition coefficient (Wildman–Crippen LogP) is 5.08. The van der Waals surface area contributed by atoms with Crippen molar-refractivity contribution >= 4 is 44.0 Å². The highest BCUT2D eigenvalue weighted by molar-refractivity contribution is 7.22. The van der Waals surface area contributed by atoms with Crippen molar-refractivity contribution in [2.24, 2.45) is 5.10 Å². The lowest BCUT2D eigenvalue weighted by molar-refractivity contribution is -0.114. The second-order valence-corrected chi connectivity index (χ2v) is 8.26. The maximum atomic E-state index is 13.5. The summed E-state index contributed by atoms with van der Waals surface area (Å²) in [5.74, 6) is 0.573. The summed E-state index contributed by atoms with van der Waals surface area (Å²) in [5.41, 5.74) is 3.78. The quantitative estimate of drug-likeness (QED) is 0.406. The Morgan fingerprint density at radius 2 is 1.69 bits per heavy atom. The molecule has 1 amide bonds. The van der Waals surface area contributed by atoms with Crippen LogP contribution in [0.1, 0.15) is 5.56 Å². The molecule has 4 aromatic rings. The number of hydrazone groups is 1. The molecule has 0 spiro atoms. The fourth-order valence-corrected chi connectivity index (χ4v) is 4.42. The highest BCUT2D eigenvalue weighted by Crippen LogP contribution is 2.33. The van der Waals surface area contributed by atoms with Gasteiger partial charge < -0.3 is 9.64 Å². The largest absolute Gasteiger partial charge is 0.497 e. The molecular weight excluding hydrogens is 420 g/mol. The van der Waals surface area contributed by atoms with Crippen molar-refractivity contribution in [2.75, 3.05) is 24.1 Å². The summed E-state index contributed by atoms with van der Waals surface area (Å²) < 4.78 is 6.26. The van der Waals surface area contributed by atoms with Crippen LogP contribution in [0.2, 0.25) is 0 Å². The van der Waals surface area contributed by atoms with Crippen molar-refractivity contribution in [3.63, 3.8) is 0 Å². The van der Waals surface area contributed by atoms with Gasteiger partial charge >= 0.3 is 0 Å². The molecule has 0 bridgehead atoms. The molecule has 7 heteroatoms. The number of para-hydroxylation sites is 1. The van der Waals surface area contributed by atoms with Gasteiger partial charge in [0.15, 0.2) is 0 Å². The molecule has 0 saturated carbocycles. The minimum atomic E-state index is -0.205. The normalized spacial score (nSPS) is 14.8. The molecule has 0 N–H and O–H groups in total. The number of carbonyl (C=O) groups excluding carboxylic acids is 1. The summed E-state index contributed by atoms with van der Waals surface area (Å²) in [6.45, 7) is 0. The van der Waals surface area contributed by atoms with Crippen molar-refractivity contribution in [2.45, 2.75) is 0 Å². The summed E-state index contributed by atoms with van der Waals surface area (Å²) in [6.07, 6.45) is 1.82. The Labute approximate surface area is 189 Å². The third-order valence-electron chi connectivity index (χ3n) is 5.19. The molecule has 0 fully saturated rings. The van der Waals surface area contributed by atoms with Crippen molar-refractivity contribution in [3.8, 4) is 5.75 Å². The smallest absolute Gasteiger partial charge is 0.284 e. The van der Waals surface area contributed by atoms with Crippen LogP contribution in [0.15, 0.2) is 95.7 Å². The van der Waals surface area contributed by atoms with E-state index in [0.717, 1.165) is 27.2 Å². The molecule has 0 saturated heterocycles. The third-order valence-corrected chi connectivity index (χ3v) is 6.20. The summed E-state index contributed by atoms with van der Waals surface area (Å²) >= 11 is 1.45. The third kappa shape index (κ3) is 3.63. The maximum Gasteiger partial charge on any atom is 0.284 e. The van der Waals surface area contributed by atoms with Gasteiger partial charge in [-0.05, 0) is 36.4 Å². The zero-order valence-electron chi connectivity index (χ0n) is 17.6. The van der Waals surface area contributed by atoms with E-state index in [1.165, 1.54) is 16.3 Å². The van der Waals surface area contributed by atoms with E-state index in [0.29, 0.717) is 16.4 Å². The Hall–Kier alpha value is -3.97. The highest BCUT2D eigenvalue weighted by Gasteiger charge is 2.34. The Balaban J connectivity index is 1.56. The van der Waals surface area contributed by atoms with E-state index >= 15 is 0 Å². The second-order valence-electron chi connectivity index (χ2n) is 7.25. The van der Waals surface area contributed by atoms with Crippen molar-refractivity contribution in [1.82, 2.24) is 4.98 Å². The van der Waals surface area contributed by atoms with E-state index in [-0.39, 0.29) is 5.91 Å². The maximum absolute atomic E-state index is 13.5. The molecule has 1 aliphatic rings. The fourth-order valence-electron chi connectivity index (χ4n) is 3.51. The van der Waals surface area contributed by atoms with E-state index in [2.05, 4.69) is 4.98 Å². The van der Waals surface area contributed by atoms with Crippen molar-refractivity contribution in [3.05, 3.63) is 96.2 Å². The van der Waals surface area contributed by atoms with Crippen LogP contribution in [0.4, 0.5) is 10.8 Å². The molecule has 1 aromatic heterocycles. The molecule has 0 atom stereocenters. The zero-order valence-corrected chi connectivity index (χ0v) is 18.4. The van der Waals surface area contributed by atoms with Crippen LogP contribution in [-0.2, 0) is 4.79 Å². The van der Waals surface area contributed by atoms with Crippen LogP contribution in [0.25, 0.3) is 10.2 Å². The van der Waals surface area contributed by atoms with E-state index in [9.17, 15) is 4.79 Å². The van der Waals surface area contributed by atoms with Crippen molar-refractivity contribution < 1.29 is 9.53 Å². The lowest BCUT2D eigenvalue weighted by Gasteiger charge is -2.16. The first kappa shape index (κ1) is 20.0. The van der Waals surface area contributed by atoms with Crippen LogP contribution < -0.4 is 14.6 Å². The number of aromatic nitrogens is 1. The van der Waals surface area contributed by atoms with Crippen LogP contribution in [0, 0.1) is 0 Å². The number of rotatable bonds is 5. The second kappa shape index (κ2) is 8.28. The topological polar surface area (TPSA) is 58.0 Å². The van der Waals surface area contributed by atoms with Crippen LogP contribution >= 0.6 is 11.3 Å². The van der Waals surface area contributed by atoms with E-state index < -0.39 is 0 Å². The van der Waals surface area contributed by atoms with Gasteiger partial charge in [0.25, 0.3) is 5.91 Å². The lowest BCUT2D eigenvalue weighted by Crippen LogP contribution is -2.23. The van der Waals surface area contributed by atoms with E-state index in [1.54, 1.807) is 7.11 Å². The first-order chi connectivity index (χ1) is 15.6. The minimum absolute atomic E-state index is 0.205. The van der Waals surface area contributed by atoms with Gasteiger partial charge in [0.05, 0.1) is 22.9 Å². The van der Waals surface area contributed by atoms with Crippen molar-refractivity contribution in [1.29, 1.82) is 0 Å². The number of ether oxygens (including phenoxy) is 1. The molecule has 158 valence electrons. The van der Waals surface area contributed by atoms with Gasteiger partial charge in [0, 0.05) is 24.5 Å². The number of hydrogen-bond donors (Lipinski definition) is 0. The molecular formula is C25H20N4O2S. The average Bonchev–Trinajstić information content (AvgIpc) is 3.41. The Kier molecular flexibility index (Phi) is 5.17. The fraction of sp³-hybridized carbons (Fsp3) is 0.0800. The molecule has 32 heavy (non-hydrogen) atoms. The number of hydrogen-bond acceptors (Lipinski definition) is 6. The Bertz CT molecular complexity index is 1310. The zero-order chi connectivity index (χ0) is 22.1. The Morgan fingerprint density at radius 1 is 0.969 bits per heavy atom. The summed E-state index contributed by atoms with van der Waals surface area (Å²) in [5, 5.41) is 6.65. The predicted molar refractivity (Wildman–Crippen MR) is 130 cm³/mol. The van der Waals surface area contributed by atoms with Crippen LogP contribution in [0.3, 0.4) is 0 Å². The SMILES string of the molecule is COc1ccc(N(C)/C=C2\C(=O)N(c3nc4ccccc4s3)N=C2c2ccccc2)cc1. The standard InChI is InChI=1S/C25H20N4O2S/c1-28(18-12-14-19(31-2)15-13-18)16-20-23(17-8-4-3-5-9-17)27-29(24(20)30)25-26-21-10-6-7-11-22(21)32-25/h3-16H,1-2H3/b20-16-. The minimum Gasteiger partial charge on any atom is -0.497 e. The number of benzene rings is 3. The number of amides is 1. The number of carbonyl (C=O) groups is 1. The molecule has 2 heterocycles. The van der Waals surface area contributed by atoms with E-state index in [1.807, 2.05) is 97.0 Å². The number of anilines is 2. The molecule has 5 rings (SSSR count). The van der Waals surface area contributed by atoms with Gasteiger partial charge in [-0.25, -0.2) is 4.98 Å². The number of methoxy groups -OCH3 is 1. The number of thiazole rings is 1. The first-order valence-electron chi connectivity index (χ1n) is 10.1. The van der Waals surface area contributed by atoms with Gasteiger partial charge in [-0.15, -0.1) is 0 Å². The van der Waals surface area contributed by atoms with Gasteiger partial charge in [0.2, 0.25) is 5.13 Å². The molecule has 6 nitrogen and oxygen atoms in total. The van der Waals surface area contributed by atoms with Crippen LogP contribution in [-0.4, -0.2) is 30.8 Å². The molecule has 1 aliphatic heterocycles. The molecule has 0 radical (unpaired) electrons. The monoisotopic (exact) mass is 440 g/mol.